The number of hydrogen-bond donors (Lipinski definition) is 1. The maximum absolute atomic E-state index is 13.3. The normalized spacial score (nSPS) is 16.4. The van der Waals surface area contributed by atoms with Crippen LogP contribution in [0.1, 0.15) is 28.8 Å². The first-order valence-electron chi connectivity index (χ1n) is 10.4. The highest BCUT2D eigenvalue weighted by atomic mass is 79.9. The molecule has 0 saturated carbocycles. The summed E-state index contributed by atoms with van der Waals surface area (Å²) in [6, 6.07) is 14.9. The molecule has 1 fully saturated rings. The van der Waals surface area contributed by atoms with E-state index in [4.69, 9.17) is 11.6 Å². The van der Waals surface area contributed by atoms with Gasteiger partial charge in [0.25, 0.3) is 0 Å². The summed E-state index contributed by atoms with van der Waals surface area (Å²) in [4.78, 5) is 26.3. The number of benzene rings is 3. The molecule has 1 saturated heterocycles. The van der Waals surface area contributed by atoms with E-state index < -0.39 is 27.8 Å². The smallest absolute Gasteiger partial charge is 0.243 e. The minimum atomic E-state index is -4.01. The van der Waals surface area contributed by atoms with Gasteiger partial charge in [0.15, 0.2) is 5.78 Å². The third-order valence-corrected chi connectivity index (χ3v) is 8.27. The zero-order valence-corrected chi connectivity index (χ0v) is 20.8. The molecule has 0 bridgehead atoms. The first kappa shape index (κ1) is 24.5. The van der Waals surface area contributed by atoms with E-state index in [2.05, 4.69) is 21.2 Å². The Morgan fingerprint density at radius 2 is 1.74 bits per heavy atom. The van der Waals surface area contributed by atoms with Gasteiger partial charge >= 0.3 is 0 Å². The minimum absolute atomic E-state index is 0.0909. The highest BCUT2D eigenvalue weighted by Gasteiger charge is 2.39. The SMILES string of the molecule is O=C(c1ccccc1Cl)c1cc(Br)ccc1NC(=O)C1CCCN1S(=O)(=O)c1ccc(F)cc1. The van der Waals surface area contributed by atoms with Crippen LogP contribution in [0.2, 0.25) is 5.02 Å². The van der Waals surface area contributed by atoms with E-state index in [9.17, 15) is 22.4 Å². The second-order valence-electron chi connectivity index (χ2n) is 7.72. The Hall–Kier alpha value is -2.59. The minimum Gasteiger partial charge on any atom is -0.324 e. The molecule has 0 radical (unpaired) electrons. The highest BCUT2D eigenvalue weighted by Crippen LogP contribution is 2.30. The number of nitrogens with one attached hydrogen (secondary N) is 1. The fourth-order valence-corrected chi connectivity index (χ4v) is 6.09. The lowest BCUT2D eigenvalue weighted by atomic mass is 10.0. The Labute approximate surface area is 209 Å². The molecule has 1 unspecified atom stereocenters. The van der Waals surface area contributed by atoms with Crippen molar-refractivity contribution in [2.45, 2.75) is 23.8 Å². The molecule has 34 heavy (non-hydrogen) atoms. The van der Waals surface area contributed by atoms with Gasteiger partial charge in [-0.15, -0.1) is 0 Å². The zero-order valence-electron chi connectivity index (χ0n) is 17.7. The van der Waals surface area contributed by atoms with Gasteiger partial charge in [0.1, 0.15) is 11.9 Å². The number of hydrogen-bond acceptors (Lipinski definition) is 4. The van der Waals surface area contributed by atoms with Gasteiger partial charge in [0.05, 0.1) is 15.6 Å². The number of amides is 1. The molecule has 1 aliphatic heterocycles. The molecule has 1 aliphatic rings. The van der Waals surface area contributed by atoms with Gasteiger partial charge in [-0.3, -0.25) is 9.59 Å². The Balaban J connectivity index is 1.62. The Kier molecular flexibility index (Phi) is 7.18. The van der Waals surface area contributed by atoms with Crippen LogP contribution < -0.4 is 5.32 Å². The summed E-state index contributed by atoms with van der Waals surface area (Å²) in [5.74, 6) is -1.50. The van der Waals surface area contributed by atoms with Gasteiger partial charge in [0.2, 0.25) is 15.9 Å². The molecule has 0 spiro atoms. The predicted molar refractivity (Wildman–Crippen MR) is 131 cm³/mol. The van der Waals surface area contributed by atoms with Crippen LogP contribution >= 0.6 is 27.5 Å². The maximum atomic E-state index is 13.3. The van der Waals surface area contributed by atoms with Gasteiger partial charge in [-0.2, -0.15) is 4.31 Å². The van der Waals surface area contributed by atoms with E-state index in [1.165, 1.54) is 12.1 Å². The molecule has 10 heteroatoms. The monoisotopic (exact) mass is 564 g/mol. The fourth-order valence-electron chi connectivity index (χ4n) is 3.85. The molecule has 176 valence electrons. The standard InChI is InChI=1S/C24H19BrClFN2O4S/c25-15-7-12-21(19(14-15)23(30)18-4-1-2-5-20(18)26)28-24(31)22-6-3-13-29(22)34(32,33)17-10-8-16(27)9-11-17/h1-2,4-5,7-12,14,22H,3,6,13H2,(H,28,31). The van der Waals surface area contributed by atoms with Crippen LogP contribution in [-0.2, 0) is 14.8 Å². The number of anilines is 1. The summed E-state index contributed by atoms with van der Waals surface area (Å²) in [6.07, 6.45) is 0.806. The summed E-state index contributed by atoms with van der Waals surface area (Å²) in [7, 11) is -4.01. The van der Waals surface area contributed by atoms with Crippen LogP contribution in [0.3, 0.4) is 0 Å². The number of nitrogens with zero attached hydrogens (tertiary/aromatic N) is 1. The third kappa shape index (κ3) is 4.93. The van der Waals surface area contributed by atoms with E-state index in [1.54, 1.807) is 42.5 Å². The van der Waals surface area contributed by atoms with Crippen LogP contribution in [-0.4, -0.2) is 37.0 Å². The summed E-state index contributed by atoms with van der Waals surface area (Å²) in [5.41, 5.74) is 0.727. The molecule has 3 aromatic rings. The van der Waals surface area contributed by atoms with E-state index >= 15 is 0 Å². The number of carbonyl (C=O) groups is 2. The zero-order chi connectivity index (χ0) is 24.5. The molecule has 4 rings (SSSR count). The fraction of sp³-hybridized carbons (Fsp3) is 0.167. The molecular weight excluding hydrogens is 547 g/mol. The molecule has 1 amide bonds. The van der Waals surface area contributed by atoms with Crippen molar-refractivity contribution in [2.24, 2.45) is 0 Å². The van der Waals surface area contributed by atoms with E-state index in [1.807, 2.05) is 0 Å². The quantitative estimate of drug-likeness (QED) is 0.413. The number of carbonyl (C=O) groups excluding carboxylic acids is 2. The molecule has 0 aromatic heterocycles. The Bertz CT molecular complexity index is 1370. The topological polar surface area (TPSA) is 83.6 Å². The molecule has 0 aliphatic carbocycles. The van der Waals surface area contributed by atoms with Gasteiger partial charge in [-0.1, -0.05) is 39.7 Å². The molecule has 3 aromatic carbocycles. The van der Waals surface area contributed by atoms with Crippen LogP contribution in [0.4, 0.5) is 10.1 Å². The molecule has 1 heterocycles. The number of sulfonamides is 1. The van der Waals surface area contributed by atoms with Crippen molar-refractivity contribution in [3.8, 4) is 0 Å². The van der Waals surface area contributed by atoms with E-state index in [-0.39, 0.29) is 39.1 Å². The van der Waals surface area contributed by atoms with Gasteiger partial charge in [-0.05, 0) is 67.4 Å². The molecule has 6 nitrogen and oxygen atoms in total. The molecule has 1 N–H and O–H groups in total. The second kappa shape index (κ2) is 9.95. The predicted octanol–water partition coefficient (Wildman–Crippen LogP) is 5.26. The lowest BCUT2D eigenvalue weighted by molar-refractivity contribution is -0.119. The van der Waals surface area contributed by atoms with Crippen molar-refractivity contribution in [1.82, 2.24) is 4.31 Å². The average Bonchev–Trinajstić information content (AvgIpc) is 3.32. The van der Waals surface area contributed by atoms with Crippen LogP contribution in [0, 0.1) is 5.82 Å². The maximum Gasteiger partial charge on any atom is 0.243 e. The van der Waals surface area contributed by atoms with Crippen molar-refractivity contribution in [3.63, 3.8) is 0 Å². The Morgan fingerprint density at radius 1 is 1.03 bits per heavy atom. The average molecular weight is 566 g/mol. The van der Waals surface area contributed by atoms with Crippen molar-refractivity contribution in [2.75, 3.05) is 11.9 Å². The van der Waals surface area contributed by atoms with Crippen LogP contribution in [0.25, 0.3) is 0 Å². The van der Waals surface area contributed by atoms with Crippen molar-refractivity contribution in [3.05, 3.63) is 93.2 Å². The first-order valence-corrected chi connectivity index (χ1v) is 13.0. The highest BCUT2D eigenvalue weighted by molar-refractivity contribution is 9.10. The van der Waals surface area contributed by atoms with Crippen LogP contribution in [0.5, 0.6) is 0 Å². The van der Waals surface area contributed by atoms with E-state index in [0.29, 0.717) is 17.3 Å². The summed E-state index contributed by atoms with van der Waals surface area (Å²) in [6.45, 7) is 0.156. The largest absolute Gasteiger partial charge is 0.324 e. The summed E-state index contributed by atoms with van der Waals surface area (Å²) in [5, 5.41) is 3.00. The van der Waals surface area contributed by atoms with Gasteiger partial charge < -0.3 is 5.32 Å². The third-order valence-electron chi connectivity index (χ3n) is 5.53. The van der Waals surface area contributed by atoms with Crippen molar-refractivity contribution in [1.29, 1.82) is 0 Å². The molecular formula is C24H19BrClFN2O4S. The van der Waals surface area contributed by atoms with Gasteiger partial charge in [-0.25, -0.2) is 12.8 Å². The first-order chi connectivity index (χ1) is 16.2. The number of halogens is 3. The number of rotatable bonds is 6. The van der Waals surface area contributed by atoms with Crippen LogP contribution in [0.15, 0.2) is 76.1 Å². The van der Waals surface area contributed by atoms with Gasteiger partial charge in [0, 0.05) is 22.1 Å². The number of ketones is 1. The van der Waals surface area contributed by atoms with E-state index in [0.717, 1.165) is 16.4 Å². The summed E-state index contributed by atoms with van der Waals surface area (Å²) < 4.78 is 41.2. The Morgan fingerprint density at radius 3 is 2.44 bits per heavy atom. The summed E-state index contributed by atoms with van der Waals surface area (Å²) >= 11 is 9.53. The van der Waals surface area contributed by atoms with Crippen molar-refractivity contribution >= 4 is 54.9 Å². The molecule has 1 atom stereocenters. The lowest BCUT2D eigenvalue weighted by Crippen LogP contribution is -2.43. The lowest BCUT2D eigenvalue weighted by Gasteiger charge is -2.24. The second-order valence-corrected chi connectivity index (χ2v) is 10.9. The van der Waals surface area contributed by atoms with Crippen molar-refractivity contribution < 1.29 is 22.4 Å².